The van der Waals surface area contributed by atoms with Gasteiger partial charge in [0.05, 0.1) is 17.1 Å². The summed E-state index contributed by atoms with van der Waals surface area (Å²) < 4.78 is 0. The Hall–Kier alpha value is -4.65. The summed E-state index contributed by atoms with van der Waals surface area (Å²) in [6, 6.07) is 20.9. The van der Waals surface area contributed by atoms with Crippen LogP contribution >= 0.6 is 0 Å². The summed E-state index contributed by atoms with van der Waals surface area (Å²) in [7, 11) is 0. The molecule has 0 amide bonds. The van der Waals surface area contributed by atoms with Gasteiger partial charge in [-0.1, -0.05) is 36.4 Å². The van der Waals surface area contributed by atoms with Crippen molar-refractivity contribution in [3.63, 3.8) is 0 Å². The molecule has 9 heterocycles. The van der Waals surface area contributed by atoms with Gasteiger partial charge in [0, 0.05) is 141 Å². The molecule has 5 aromatic rings. The first-order valence-corrected chi connectivity index (χ1v) is 36.9. The summed E-state index contributed by atoms with van der Waals surface area (Å²) in [6.45, 7) is 45.9. The Bertz CT molecular complexity index is 2860. The van der Waals surface area contributed by atoms with Crippen molar-refractivity contribution in [3.8, 4) is 0 Å². The van der Waals surface area contributed by atoms with Gasteiger partial charge in [0.15, 0.2) is 0 Å². The highest BCUT2D eigenvalue weighted by molar-refractivity contribution is 5.45. The number of piperidine rings is 5. The number of nitrogens with zero attached hydrogens (tertiary/aromatic N) is 10. The highest BCUT2D eigenvalue weighted by Gasteiger charge is 2.53. The van der Waals surface area contributed by atoms with Crippen LogP contribution in [0.2, 0.25) is 0 Å². The second-order valence-corrected chi connectivity index (χ2v) is 35.7. The topological polar surface area (TPSA) is 211 Å². The van der Waals surface area contributed by atoms with Crippen LogP contribution in [0, 0.1) is 0 Å². The van der Waals surface area contributed by atoms with E-state index in [0.717, 1.165) is 116 Å². The third-order valence-corrected chi connectivity index (χ3v) is 25.8. The molecule has 10 aliphatic rings. The number of likely N-dealkylation sites (tertiary alicyclic amines) is 5. The summed E-state index contributed by atoms with van der Waals surface area (Å²) >= 11 is 0. The van der Waals surface area contributed by atoms with Crippen LogP contribution in [0.5, 0.6) is 0 Å². The molecule has 0 radical (unpaired) electrons. The fourth-order valence-electron chi connectivity index (χ4n) is 19.3. The zero-order chi connectivity index (χ0) is 68.4. The molecule has 15 nitrogen and oxygen atoms in total. The fraction of sp³-hybridized carbons (Fsp3) is 0.688. The maximum atomic E-state index is 6.53. The summed E-state index contributed by atoms with van der Waals surface area (Å²) in [5.74, 6) is 0. The monoisotopic (exact) mass is 1300 g/mol. The van der Waals surface area contributed by atoms with Crippen molar-refractivity contribution in [2.75, 3.05) is 65.4 Å². The molecule has 15 rings (SSSR count). The lowest BCUT2D eigenvalue weighted by molar-refractivity contribution is 0.0675. The predicted molar refractivity (Wildman–Crippen MR) is 391 cm³/mol. The van der Waals surface area contributed by atoms with E-state index in [4.69, 9.17) is 28.7 Å². The fourth-order valence-corrected chi connectivity index (χ4v) is 19.3. The van der Waals surface area contributed by atoms with E-state index in [1.165, 1.54) is 102 Å². The van der Waals surface area contributed by atoms with Crippen LogP contribution < -0.4 is 28.7 Å². The van der Waals surface area contributed by atoms with Crippen molar-refractivity contribution in [3.05, 3.63) is 148 Å². The van der Waals surface area contributed by atoms with Crippen molar-refractivity contribution in [2.45, 2.75) is 285 Å². The largest absolute Gasteiger partial charge is 0.327 e. The van der Waals surface area contributed by atoms with Gasteiger partial charge < -0.3 is 28.7 Å². The normalized spacial score (nSPS) is 26.6. The number of hydrogen-bond donors (Lipinski definition) is 5. The smallest absolute Gasteiger partial charge is 0.0697 e. The number of benzene rings is 1. The lowest BCUT2D eigenvalue weighted by Crippen LogP contribution is -2.54. The molecule has 0 unspecified atom stereocenters. The lowest BCUT2D eigenvalue weighted by atomic mass is 9.71. The van der Waals surface area contributed by atoms with E-state index in [9.17, 15) is 0 Å². The van der Waals surface area contributed by atoms with Crippen LogP contribution in [0.25, 0.3) is 0 Å². The Morgan fingerprint density at radius 2 is 0.621 bits per heavy atom. The molecule has 520 valence electrons. The molecule has 15 heteroatoms. The molecule has 5 fully saturated rings. The lowest BCUT2D eigenvalue weighted by Gasteiger charge is -2.47. The molecule has 5 atom stereocenters. The van der Waals surface area contributed by atoms with E-state index in [-0.39, 0.29) is 78.9 Å². The molecule has 4 aromatic heterocycles. The van der Waals surface area contributed by atoms with Gasteiger partial charge in [-0.3, -0.25) is 49.4 Å². The number of aromatic nitrogens is 5. The Labute approximate surface area is 573 Å². The first-order valence-electron chi connectivity index (χ1n) is 36.9. The van der Waals surface area contributed by atoms with Gasteiger partial charge in [0.1, 0.15) is 0 Å². The molecule has 5 aliphatic heterocycles. The zero-order valence-electron chi connectivity index (χ0n) is 61.6. The van der Waals surface area contributed by atoms with E-state index in [0.29, 0.717) is 6.04 Å². The van der Waals surface area contributed by atoms with E-state index in [1.54, 1.807) is 6.20 Å². The first-order chi connectivity index (χ1) is 44.7. The first kappa shape index (κ1) is 71.6. The highest BCUT2D eigenvalue weighted by Crippen LogP contribution is 2.51. The molecule has 5 saturated heterocycles. The number of nitrogens with two attached hydrogens (primary N) is 5. The van der Waals surface area contributed by atoms with E-state index in [1.807, 2.05) is 30.9 Å². The third-order valence-electron chi connectivity index (χ3n) is 25.8. The molecule has 95 heavy (non-hydrogen) atoms. The Morgan fingerprint density at radius 3 is 1.12 bits per heavy atom. The summed E-state index contributed by atoms with van der Waals surface area (Å²) in [5.41, 5.74) is 48.1. The van der Waals surface area contributed by atoms with Crippen molar-refractivity contribution in [1.82, 2.24) is 49.4 Å². The zero-order valence-corrected chi connectivity index (χ0v) is 61.6. The van der Waals surface area contributed by atoms with E-state index >= 15 is 0 Å². The Balaban J connectivity index is 0.000000121. The number of fused-ring (bicyclic) bond motifs is 10. The summed E-state index contributed by atoms with van der Waals surface area (Å²) in [6.07, 6.45) is 27.9. The van der Waals surface area contributed by atoms with Crippen LogP contribution in [0.15, 0.2) is 91.8 Å². The number of rotatable bonds is 0. The van der Waals surface area contributed by atoms with Gasteiger partial charge in [-0.2, -0.15) is 0 Å². The maximum absolute atomic E-state index is 6.53. The highest BCUT2D eigenvalue weighted by atomic mass is 15.2. The number of hydrogen-bond acceptors (Lipinski definition) is 15. The Morgan fingerprint density at radius 1 is 0.305 bits per heavy atom. The van der Waals surface area contributed by atoms with Crippen LogP contribution in [0.1, 0.15) is 224 Å². The van der Waals surface area contributed by atoms with Gasteiger partial charge >= 0.3 is 0 Å². The van der Waals surface area contributed by atoms with Crippen LogP contribution in [-0.4, -0.2) is 173 Å². The predicted octanol–water partition coefficient (Wildman–Crippen LogP) is 10.5. The molecule has 1 aromatic carbocycles. The number of pyridine rings is 3. The van der Waals surface area contributed by atoms with Gasteiger partial charge in [-0.15, -0.1) is 0 Å². The van der Waals surface area contributed by atoms with Crippen molar-refractivity contribution < 1.29 is 0 Å². The molecule has 5 aliphatic carbocycles. The summed E-state index contributed by atoms with van der Waals surface area (Å²) in [4.78, 5) is 35.5. The Kier molecular flexibility index (Phi) is 20.5. The standard InChI is InChI=1S/C17H26N2.3C16H25N3.C15H24N4/c1-16(2,3)19-10-8-17(9-11-19)14-7-5-4-6-13(14)12-15(17)18;1-15(2,3)19-8-5-16(6-9-19)13-11-18-7-4-12(13)10-14(16)17;1-15(2,3)19-9-6-16(7-10-19)12-5-4-8-18-13(12)11-14(16)17;1-15(2,3)19-9-6-16(7-10-19)13(17)11-12-5-4-8-18-14(12)16;1-14(2,3)19-8-4-15(5-9-19)12(16)10-11-13(15)18-7-6-17-11/h4-7,15H,8-12,18H2,1-3H3;4,7,11,14H,5-6,8-10,17H2,1-3H3;4-5,8,14H,6-7,9-11,17H2,1-3H3;4-5,8,13H,6-7,9-11,17H2,1-3H3;6-7,12H,4-5,8-10,16H2,1-3H3/t15-;2*14-;13-;12-/m11111/s1. The van der Waals surface area contributed by atoms with Crippen molar-refractivity contribution in [1.29, 1.82) is 0 Å². The average Bonchev–Trinajstić information content (AvgIpc) is 1.66. The molecular weight excluding hydrogens is 1170 g/mol. The summed E-state index contributed by atoms with van der Waals surface area (Å²) in [5, 5.41) is 0. The van der Waals surface area contributed by atoms with Crippen LogP contribution in [0.4, 0.5) is 0 Å². The molecule has 0 saturated carbocycles. The second kappa shape index (κ2) is 27.1. The third kappa shape index (κ3) is 14.0. The second-order valence-electron chi connectivity index (χ2n) is 35.7. The molecule has 0 bridgehead atoms. The quantitative estimate of drug-likeness (QED) is 0.0977. The van der Waals surface area contributed by atoms with E-state index in [2.05, 4.69) is 208 Å². The van der Waals surface area contributed by atoms with Gasteiger partial charge in [-0.05, 0) is 304 Å². The average molecular weight is 1300 g/mol. The van der Waals surface area contributed by atoms with Crippen molar-refractivity contribution >= 4 is 0 Å². The minimum atomic E-state index is 0.0747. The van der Waals surface area contributed by atoms with Crippen molar-refractivity contribution in [2.24, 2.45) is 28.7 Å². The van der Waals surface area contributed by atoms with Gasteiger partial charge in [-0.25, -0.2) is 0 Å². The minimum absolute atomic E-state index is 0.0747. The van der Waals surface area contributed by atoms with E-state index < -0.39 is 0 Å². The van der Waals surface area contributed by atoms with Crippen LogP contribution in [0.3, 0.4) is 0 Å². The van der Waals surface area contributed by atoms with Crippen LogP contribution in [-0.2, 0) is 59.2 Å². The molecular formula is C80H125N15. The van der Waals surface area contributed by atoms with Gasteiger partial charge in [0.2, 0.25) is 0 Å². The molecule has 5 spiro atoms. The SMILES string of the molecule is CC(C)(C)N1CCC2(CC1)c1ccccc1C[C@H]2N.CC(C)(C)N1CCC2(CC1)c1cccnc1C[C@H]2N.CC(C)(C)N1CCC2(CC1)c1cnccc1C[C@H]2N.CC(C)(C)N1CCC2(CC1)c1ncccc1C[C@H]2N.CC(C)(C)N1CCC2(CC1)c1nccnc1C[C@H]2N. The van der Waals surface area contributed by atoms with Gasteiger partial charge in [0.25, 0.3) is 0 Å². The minimum Gasteiger partial charge on any atom is -0.327 e. The maximum Gasteiger partial charge on any atom is 0.0697 e. The molecule has 10 N–H and O–H groups in total.